The van der Waals surface area contributed by atoms with Crippen molar-refractivity contribution < 1.29 is 12.8 Å². The highest BCUT2D eigenvalue weighted by atomic mass is 79.9. The minimum absolute atomic E-state index is 0.0102. The topological polar surface area (TPSA) is 85.1 Å². The minimum atomic E-state index is -4.26. The predicted molar refractivity (Wildman–Crippen MR) is 83.6 cm³/mol. The second kappa shape index (κ2) is 5.96. The number of hydrogen-bond acceptors (Lipinski definition) is 4. The largest absolute Gasteiger partial charge is 0.399 e. The Labute approximate surface area is 138 Å². The van der Waals surface area contributed by atoms with Gasteiger partial charge in [-0.25, -0.2) is 17.8 Å². The van der Waals surface area contributed by atoms with Gasteiger partial charge in [-0.3, -0.25) is 4.72 Å². The lowest BCUT2D eigenvalue weighted by Crippen LogP contribution is -2.16. The van der Waals surface area contributed by atoms with Gasteiger partial charge in [-0.2, -0.15) is 0 Å². The van der Waals surface area contributed by atoms with E-state index < -0.39 is 25.8 Å². The highest BCUT2D eigenvalue weighted by Crippen LogP contribution is 2.29. The first kappa shape index (κ1) is 16.3. The Hall–Kier alpha value is -1.09. The number of pyridine rings is 1. The number of sulfonamides is 1. The molecule has 0 aliphatic heterocycles. The lowest BCUT2D eigenvalue weighted by atomic mass is 10.3. The van der Waals surface area contributed by atoms with Crippen LogP contribution in [0.2, 0.25) is 10.2 Å². The average molecular weight is 415 g/mol. The standard InChI is InChI=1S/C11H7BrCl2FN3O2S/c12-5-1-8(11(14)17-4-5)18-21(19,20)9-3-6(16)2-7(13)10(9)15/h1-4,18H,16H2. The molecule has 0 bridgehead atoms. The number of aromatic nitrogens is 1. The van der Waals surface area contributed by atoms with Gasteiger partial charge in [0.2, 0.25) is 0 Å². The molecule has 5 nitrogen and oxygen atoms in total. The maximum Gasteiger partial charge on any atom is 0.265 e. The molecule has 21 heavy (non-hydrogen) atoms. The van der Waals surface area contributed by atoms with E-state index in [1.807, 2.05) is 0 Å². The van der Waals surface area contributed by atoms with Gasteiger partial charge in [-0.1, -0.05) is 23.2 Å². The number of hydrogen-bond donors (Lipinski definition) is 2. The summed E-state index contributed by atoms with van der Waals surface area (Å²) in [5, 5.41) is -0.481. The molecule has 0 fully saturated rings. The minimum Gasteiger partial charge on any atom is -0.399 e. The van der Waals surface area contributed by atoms with Crippen LogP contribution in [0.1, 0.15) is 0 Å². The van der Waals surface area contributed by atoms with Crippen LogP contribution < -0.4 is 10.5 Å². The molecule has 112 valence electrons. The van der Waals surface area contributed by atoms with Crippen LogP contribution in [-0.2, 0) is 10.0 Å². The summed E-state index contributed by atoms with van der Waals surface area (Å²) in [6.07, 6.45) is 1.39. The van der Waals surface area contributed by atoms with Crippen molar-refractivity contribution in [3.63, 3.8) is 0 Å². The lowest BCUT2D eigenvalue weighted by molar-refractivity contribution is 0.571. The summed E-state index contributed by atoms with van der Waals surface area (Å²) in [5.74, 6) is -1.10. The van der Waals surface area contributed by atoms with Crippen LogP contribution in [0.15, 0.2) is 33.8 Å². The van der Waals surface area contributed by atoms with E-state index >= 15 is 0 Å². The van der Waals surface area contributed by atoms with E-state index in [1.165, 1.54) is 12.3 Å². The molecule has 0 spiro atoms. The molecule has 0 saturated heterocycles. The van der Waals surface area contributed by atoms with E-state index in [0.29, 0.717) is 4.47 Å². The molecule has 1 aromatic heterocycles. The highest BCUT2D eigenvalue weighted by Gasteiger charge is 2.23. The summed E-state index contributed by atoms with van der Waals surface area (Å²) >= 11 is 14.5. The Morgan fingerprint density at radius 3 is 2.62 bits per heavy atom. The Morgan fingerprint density at radius 2 is 1.95 bits per heavy atom. The maximum absolute atomic E-state index is 13.9. The number of halogens is 4. The van der Waals surface area contributed by atoms with E-state index in [4.69, 9.17) is 28.9 Å². The molecule has 0 atom stereocenters. The first-order chi connectivity index (χ1) is 9.70. The Bertz CT molecular complexity index is 817. The van der Waals surface area contributed by atoms with Gasteiger partial charge in [0.05, 0.1) is 10.7 Å². The molecule has 2 aromatic rings. The lowest BCUT2D eigenvalue weighted by Gasteiger charge is -2.11. The summed E-state index contributed by atoms with van der Waals surface area (Å²) < 4.78 is 41.0. The van der Waals surface area contributed by atoms with Crippen molar-refractivity contribution in [2.75, 3.05) is 10.5 Å². The van der Waals surface area contributed by atoms with Crippen molar-refractivity contribution in [1.29, 1.82) is 0 Å². The van der Waals surface area contributed by atoms with Crippen LogP contribution in [0, 0.1) is 5.82 Å². The third-order valence-corrected chi connectivity index (χ3v) is 4.73. The second-order valence-electron chi connectivity index (χ2n) is 3.91. The molecule has 1 aromatic carbocycles. The van der Waals surface area contributed by atoms with Crippen LogP contribution >= 0.6 is 39.1 Å². The number of anilines is 2. The SMILES string of the molecule is Nc1cc(Cl)c(F)c(S(=O)(=O)Nc2cc(Br)cnc2Cl)c1. The molecule has 3 N–H and O–H groups in total. The molecule has 0 unspecified atom stereocenters. The molecule has 2 rings (SSSR count). The number of nitrogens with one attached hydrogen (secondary N) is 1. The van der Waals surface area contributed by atoms with Gasteiger partial charge < -0.3 is 5.73 Å². The van der Waals surface area contributed by atoms with Gasteiger partial charge in [-0.05, 0) is 34.1 Å². The predicted octanol–water partition coefficient (Wildman–Crippen LogP) is 3.67. The van der Waals surface area contributed by atoms with Gasteiger partial charge in [-0.15, -0.1) is 0 Å². The quantitative estimate of drug-likeness (QED) is 0.592. The first-order valence-corrected chi connectivity index (χ1v) is 8.32. The average Bonchev–Trinajstić information content (AvgIpc) is 2.37. The number of rotatable bonds is 3. The fourth-order valence-corrected chi connectivity index (χ4v) is 3.49. The van der Waals surface area contributed by atoms with E-state index in [1.54, 1.807) is 0 Å². The number of benzene rings is 1. The summed E-state index contributed by atoms with van der Waals surface area (Å²) in [5.41, 5.74) is 5.49. The van der Waals surface area contributed by atoms with Crippen molar-refractivity contribution in [2.45, 2.75) is 4.90 Å². The molecular weight excluding hydrogens is 408 g/mol. The van der Waals surface area contributed by atoms with Crippen LogP contribution in [0.4, 0.5) is 15.8 Å². The third kappa shape index (κ3) is 3.57. The third-order valence-electron chi connectivity index (χ3n) is 2.36. The Kier molecular flexibility index (Phi) is 4.62. The zero-order valence-corrected chi connectivity index (χ0v) is 14.0. The van der Waals surface area contributed by atoms with Gasteiger partial charge in [0.1, 0.15) is 4.90 Å². The fourth-order valence-electron chi connectivity index (χ4n) is 1.47. The smallest absolute Gasteiger partial charge is 0.265 e. The van der Waals surface area contributed by atoms with E-state index in [9.17, 15) is 12.8 Å². The van der Waals surface area contributed by atoms with Crippen LogP contribution in [0.25, 0.3) is 0 Å². The molecular formula is C11H7BrCl2FN3O2S. The van der Waals surface area contributed by atoms with Crippen molar-refractivity contribution >= 4 is 60.5 Å². The van der Waals surface area contributed by atoms with Gasteiger partial charge in [0, 0.05) is 16.4 Å². The molecule has 0 aliphatic carbocycles. The van der Waals surface area contributed by atoms with Gasteiger partial charge >= 0.3 is 0 Å². The van der Waals surface area contributed by atoms with E-state index in [-0.39, 0.29) is 16.5 Å². The number of nitrogens with zero attached hydrogens (tertiary/aromatic N) is 1. The van der Waals surface area contributed by atoms with Crippen LogP contribution in [-0.4, -0.2) is 13.4 Å². The zero-order valence-electron chi connectivity index (χ0n) is 10.1. The van der Waals surface area contributed by atoms with Crippen molar-refractivity contribution in [1.82, 2.24) is 4.98 Å². The van der Waals surface area contributed by atoms with Gasteiger partial charge in [0.15, 0.2) is 11.0 Å². The molecule has 0 aliphatic rings. The van der Waals surface area contributed by atoms with Gasteiger partial charge in [0.25, 0.3) is 10.0 Å². The monoisotopic (exact) mass is 413 g/mol. The van der Waals surface area contributed by atoms with E-state index in [2.05, 4.69) is 25.6 Å². The summed E-state index contributed by atoms with van der Waals surface area (Å²) in [6, 6.07) is 3.46. The molecule has 10 heteroatoms. The molecule has 0 amide bonds. The van der Waals surface area contributed by atoms with Crippen molar-refractivity contribution in [2.24, 2.45) is 0 Å². The van der Waals surface area contributed by atoms with Crippen molar-refractivity contribution in [3.8, 4) is 0 Å². The Balaban J connectivity index is 2.51. The number of nitrogen functional groups attached to an aromatic ring is 1. The summed E-state index contributed by atoms with van der Waals surface area (Å²) in [4.78, 5) is 3.08. The van der Waals surface area contributed by atoms with Crippen molar-refractivity contribution in [3.05, 3.63) is 44.9 Å². The first-order valence-electron chi connectivity index (χ1n) is 5.29. The molecule has 0 radical (unpaired) electrons. The van der Waals surface area contributed by atoms with Crippen LogP contribution in [0.5, 0.6) is 0 Å². The maximum atomic E-state index is 13.9. The molecule has 0 saturated carbocycles. The molecule has 1 heterocycles. The second-order valence-corrected chi connectivity index (χ2v) is 7.24. The highest BCUT2D eigenvalue weighted by molar-refractivity contribution is 9.10. The fraction of sp³-hybridized carbons (Fsp3) is 0. The summed E-state index contributed by atoms with van der Waals surface area (Å²) in [7, 11) is -4.26. The zero-order chi connectivity index (χ0) is 15.8. The Morgan fingerprint density at radius 1 is 1.29 bits per heavy atom. The number of nitrogens with two attached hydrogens (primary N) is 1. The van der Waals surface area contributed by atoms with Crippen LogP contribution in [0.3, 0.4) is 0 Å². The van der Waals surface area contributed by atoms with E-state index in [0.717, 1.165) is 12.1 Å². The normalized spacial score (nSPS) is 11.4. The summed E-state index contributed by atoms with van der Waals surface area (Å²) in [6.45, 7) is 0.